The minimum absolute atomic E-state index is 0.0353. The minimum Gasteiger partial charge on any atom is -0.402 e. The third kappa shape index (κ3) is 3.60. The topological polar surface area (TPSA) is 104 Å². The molecule has 0 aliphatic heterocycles. The zero-order valence-corrected chi connectivity index (χ0v) is 15.4. The molecule has 7 nitrogen and oxygen atoms in total. The molecular weight excluding hydrogens is 429 g/mol. The summed E-state index contributed by atoms with van der Waals surface area (Å²) in [6, 6.07) is 11.6. The Morgan fingerprint density at radius 3 is 2.35 bits per heavy atom. The SMILES string of the molecule is Nc1cc(OC(=O)c2ccc(F)cc2)nn1S(=O)(=O)c1ccc(Br)cc1. The summed E-state index contributed by atoms with van der Waals surface area (Å²) in [6.45, 7) is 0. The maximum atomic E-state index is 12.9. The Hall–Kier alpha value is -2.72. The van der Waals surface area contributed by atoms with E-state index in [-0.39, 0.29) is 22.2 Å². The van der Waals surface area contributed by atoms with Crippen LogP contribution in [0, 0.1) is 5.82 Å². The first kappa shape index (κ1) is 18.1. The number of anilines is 1. The van der Waals surface area contributed by atoms with Crippen molar-refractivity contribution in [3.05, 3.63) is 70.5 Å². The average molecular weight is 440 g/mol. The van der Waals surface area contributed by atoms with Crippen LogP contribution in [0.5, 0.6) is 5.88 Å². The molecule has 1 aromatic heterocycles. The molecule has 0 atom stereocenters. The fourth-order valence-corrected chi connectivity index (χ4v) is 3.51. The van der Waals surface area contributed by atoms with Crippen LogP contribution in [0.15, 0.2) is 64.0 Å². The Kier molecular flexibility index (Phi) is 4.79. The van der Waals surface area contributed by atoms with Crippen LogP contribution in [0.1, 0.15) is 10.4 Å². The van der Waals surface area contributed by atoms with Crippen LogP contribution in [-0.4, -0.2) is 23.6 Å². The van der Waals surface area contributed by atoms with E-state index in [1.165, 1.54) is 24.3 Å². The molecular formula is C16H11BrFN3O4S. The highest BCUT2D eigenvalue weighted by molar-refractivity contribution is 9.10. The molecule has 26 heavy (non-hydrogen) atoms. The zero-order chi connectivity index (χ0) is 18.9. The first-order chi connectivity index (χ1) is 12.3. The fourth-order valence-electron chi connectivity index (χ4n) is 2.05. The van der Waals surface area contributed by atoms with E-state index in [1.807, 2.05) is 0 Å². The molecule has 0 fully saturated rings. The fraction of sp³-hybridized carbons (Fsp3) is 0. The molecule has 10 heteroatoms. The number of rotatable bonds is 4. The van der Waals surface area contributed by atoms with Crippen molar-refractivity contribution in [2.24, 2.45) is 0 Å². The van der Waals surface area contributed by atoms with Crippen LogP contribution in [0.2, 0.25) is 0 Å². The Morgan fingerprint density at radius 1 is 1.12 bits per heavy atom. The van der Waals surface area contributed by atoms with Gasteiger partial charge in [-0.2, -0.15) is 8.42 Å². The predicted molar refractivity (Wildman–Crippen MR) is 94.7 cm³/mol. The molecule has 0 aliphatic rings. The lowest BCUT2D eigenvalue weighted by molar-refractivity contribution is 0.0727. The van der Waals surface area contributed by atoms with Crippen LogP contribution in [-0.2, 0) is 10.0 Å². The summed E-state index contributed by atoms with van der Waals surface area (Å²) < 4.78 is 44.4. The summed E-state index contributed by atoms with van der Waals surface area (Å²) in [5.41, 5.74) is 5.78. The van der Waals surface area contributed by atoms with Crippen molar-refractivity contribution in [2.75, 3.05) is 5.73 Å². The summed E-state index contributed by atoms with van der Waals surface area (Å²) in [4.78, 5) is 12.0. The smallest absolute Gasteiger partial charge is 0.344 e. The number of nitrogens with zero attached hydrogens (tertiary/aromatic N) is 2. The molecule has 0 saturated heterocycles. The molecule has 2 aromatic carbocycles. The molecule has 0 bridgehead atoms. The Morgan fingerprint density at radius 2 is 1.73 bits per heavy atom. The summed E-state index contributed by atoms with van der Waals surface area (Å²) in [6.07, 6.45) is 0. The first-order valence-corrected chi connectivity index (χ1v) is 9.35. The van der Waals surface area contributed by atoms with E-state index in [0.717, 1.165) is 18.2 Å². The van der Waals surface area contributed by atoms with Crippen LogP contribution in [0.3, 0.4) is 0 Å². The maximum absolute atomic E-state index is 12.9. The van der Waals surface area contributed by atoms with E-state index in [2.05, 4.69) is 21.0 Å². The van der Waals surface area contributed by atoms with Gasteiger partial charge in [-0.3, -0.25) is 0 Å². The van der Waals surface area contributed by atoms with E-state index in [4.69, 9.17) is 10.5 Å². The second kappa shape index (κ2) is 6.89. The number of nitrogens with two attached hydrogens (primary N) is 1. The van der Waals surface area contributed by atoms with Crippen molar-refractivity contribution in [3.63, 3.8) is 0 Å². The minimum atomic E-state index is -4.05. The molecule has 3 aromatic rings. The van der Waals surface area contributed by atoms with Gasteiger partial charge in [-0.05, 0) is 48.5 Å². The van der Waals surface area contributed by atoms with Crippen molar-refractivity contribution in [3.8, 4) is 5.88 Å². The average Bonchev–Trinajstić information content (AvgIpc) is 2.97. The maximum Gasteiger partial charge on any atom is 0.344 e. The Bertz CT molecular complexity index is 1060. The van der Waals surface area contributed by atoms with E-state index in [9.17, 15) is 17.6 Å². The van der Waals surface area contributed by atoms with Crippen molar-refractivity contribution in [2.45, 2.75) is 4.90 Å². The molecule has 0 saturated carbocycles. The molecule has 0 unspecified atom stereocenters. The highest BCUT2D eigenvalue weighted by Gasteiger charge is 2.23. The van der Waals surface area contributed by atoms with Gasteiger partial charge in [-0.25, -0.2) is 9.18 Å². The van der Waals surface area contributed by atoms with Gasteiger partial charge >= 0.3 is 5.97 Å². The number of esters is 1. The number of carbonyl (C=O) groups is 1. The van der Waals surface area contributed by atoms with Gasteiger partial charge in [0.1, 0.15) is 11.6 Å². The van der Waals surface area contributed by atoms with E-state index < -0.39 is 21.8 Å². The van der Waals surface area contributed by atoms with Gasteiger partial charge in [-0.15, -0.1) is 9.19 Å². The van der Waals surface area contributed by atoms with Crippen molar-refractivity contribution in [1.82, 2.24) is 9.19 Å². The number of benzene rings is 2. The van der Waals surface area contributed by atoms with E-state index >= 15 is 0 Å². The van der Waals surface area contributed by atoms with E-state index in [0.29, 0.717) is 8.56 Å². The number of halogens is 2. The summed E-state index contributed by atoms with van der Waals surface area (Å²) in [5, 5.41) is 3.74. The van der Waals surface area contributed by atoms with Crippen LogP contribution >= 0.6 is 15.9 Å². The molecule has 0 aliphatic carbocycles. The standard InChI is InChI=1S/C16H11BrFN3O4S/c17-11-3-7-13(8-4-11)26(23,24)21-14(19)9-15(20-21)25-16(22)10-1-5-12(18)6-2-10/h1-9H,19H2. The normalized spacial score (nSPS) is 11.3. The number of ether oxygens (including phenoxy) is 1. The molecule has 134 valence electrons. The van der Waals surface area contributed by atoms with Crippen molar-refractivity contribution >= 4 is 37.7 Å². The number of hydrogen-bond donors (Lipinski definition) is 1. The summed E-state index contributed by atoms with van der Waals surface area (Å²) in [5.74, 6) is -1.85. The molecule has 1 heterocycles. The van der Waals surface area contributed by atoms with Gasteiger partial charge in [0, 0.05) is 10.5 Å². The second-order valence-corrected chi connectivity index (χ2v) is 7.79. The van der Waals surface area contributed by atoms with Crippen LogP contribution < -0.4 is 10.5 Å². The lowest BCUT2D eigenvalue weighted by atomic mass is 10.2. The highest BCUT2D eigenvalue weighted by atomic mass is 79.9. The number of aromatic nitrogens is 2. The third-order valence-electron chi connectivity index (χ3n) is 3.30. The largest absolute Gasteiger partial charge is 0.402 e. The second-order valence-electron chi connectivity index (χ2n) is 5.11. The van der Waals surface area contributed by atoms with Crippen molar-refractivity contribution in [1.29, 1.82) is 0 Å². The quantitative estimate of drug-likeness (QED) is 0.626. The van der Waals surface area contributed by atoms with Gasteiger partial charge in [0.2, 0.25) is 5.88 Å². The van der Waals surface area contributed by atoms with Gasteiger partial charge in [0.25, 0.3) is 10.0 Å². The van der Waals surface area contributed by atoms with Gasteiger partial charge in [0.05, 0.1) is 10.5 Å². The molecule has 0 amide bonds. The number of carbonyl (C=O) groups excluding carboxylic acids is 1. The zero-order valence-electron chi connectivity index (χ0n) is 13.0. The Labute approximate surface area is 156 Å². The first-order valence-electron chi connectivity index (χ1n) is 7.12. The lowest BCUT2D eigenvalue weighted by Gasteiger charge is -2.06. The van der Waals surface area contributed by atoms with Gasteiger partial charge in [0.15, 0.2) is 0 Å². The number of hydrogen-bond acceptors (Lipinski definition) is 6. The van der Waals surface area contributed by atoms with Crippen LogP contribution in [0.4, 0.5) is 10.2 Å². The molecule has 2 N–H and O–H groups in total. The highest BCUT2D eigenvalue weighted by Crippen LogP contribution is 2.23. The summed E-state index contributed by atoms with van der Waals surface area (Å²) in [7, 11) is -4.05. The Balaban J connectivity index is 1.88. The molecule has 0 radical (unpaired) electrons. The molecule has 3 rings (SSSR count). The van der Waals surface area contributed by atoms with Gasteiger partial charge in [-0.1, -0.05) is 15.9 Å². The monoisotopic (exact) mass is 439 g/mol. The summed E-state index contributed by atoms with van der Waals surface area (Å²) >= 11 is 3.22. The van der Waals surface area contributed by atoms with E-state index in [1.54, 1.807) is 12.1 Å². The predicted octanol–water partition coefficient (Wildman–Crippen LogP) is 2.82. The number of nitrogen functional groups attached to an aromatic ring is 1. The molecule has 0 spiro atoms. The third-order valence-corrected chi connectivity index (χ3v) is 5.44. The van der Waals surface area contributed by atoms with Crippen LogP contribution in [0.25, 0.3) is 0 Å². The lowest BCUT2D eigenvalue weighted by Crippen LogP contribution is -2.17. The van der Waals surface area contributed by atoms with Gasteiger partial charge < -0.3 is 10.5 Å². The van der Waals surface area contributed by atoms with Crippen molar-refractivity contribution < 1.29 is 22.3 Å².